The second-order valence-corrected chi connectivity index (χ2v) is 5.52. The maximum absolute atomic E-state index is 11.5. The molecule has 8 heteroatoms. The molecule has 0 aromatic heterocycles. The van der Waals surface area contributed by atoms with Crippen molar-refractivity contribution in [3.05, 3.63) is 39.9 Å². The van der Waals surface area contributed by atoms with Crippen molar-refractivity contribution in [2.75, 3.05) is 12.1 Å². The molecule has 0 bridgehead atoms. The second kappa shape index (κ2) is 4.91. The van der Waals surface area contributed by atoms with E-state index in [2.05, 4.69) is 5.32 Å². The molecule has 17 heavy (non-hydrogen) atoms. The number of amides is 1. The van der Waals surface area contributed by atoms with Gasteiger partial charge in [-0.15, -0.1) is 0 Å². The molecule has 7 nitrogen and oxygen atoms in total. The molecule has 0 saturated carbocycles. The van der Waals surface area contributed by atoms with E-state index >= 15 is 0 Å². The minimum Gasteiger partial charge on any atom is -0.338 e. The fourth-order valence-electron chi connectivity index (χ4n) is 1.06. The minimum atomic E-state index is -3.32. The first-order valence-electron chi connectivity index (χ1n) is 4.50. The van der Waals surface area contributed by atoms with Crippen molar-refractivity contribution in [2.45, 2.75) is 0 Å². The van der Waals surface area contributed by atoms with E-state index in [-0.39, 0.29) is 11.3 Å². The standard InChI is InChI=1S/C9H10N2O5S/c1-17(15,16)6-10-9(12)7-3-2-4-8(5-7)11(13)14/h2-5H,6H2,1H3,(H,10,12). The Labute approximate surface area is 97.5 Å². The van der Waals surface area contributed by atoms with Gasteiger partial charge in [-0.25, -0.2) is 8.42 Å². The molecule has 0 fully saturated rings. The van der Waals surface area contributed by atoms with Crippen LogP contribution >= 0.6 is 0 Å². The molecule has 0 radical (unpaired) electrons. The predicted octanol–water partition coefficient (Wildman–Crippen LogP) is 0.327. The van der Waals surface area contributed by atoms with Gasteiger partial charge in [0.2, 0.25) is 0 Å². The van der Waals surface area contributed by atoms with E-state index in [1.54, 1.807) is 0 Å². The first-order valence-corrected chi connectivity index (χ1v) is 6.56. The molecule has 0 aliphatic rings. The van der Waals surface area contributed by atoms with Crippen LogP contribution in [0.15, 0.2) is 24.3 Å². The molecule has 1 N–H and O–H groups in total. The van der Waals surface area contributed by atoms with Crippen molar-refractivity contribution in [1.29, 1.82) is 0 Å². The molecule has 1 rings (SSSR count). The highest BCUT2D eigenvalue weighted by Gasteiger charge is 2.12. The fourth-order valence-corrected chi connectivity index (χ4v) is 1.45. The third-order valence-corrected chi connectivity index (χ3v) is 2.48. The monoisotopic (exact) mass is 258 g/mol. The predicted molar refractivity (Wildman–Crippen MR) is 60.3 cm³/mol. The molecule has 0 atom stereocenters. The van der Waals surface area contributed by atoms with Gasteiger partial charge in [-0.2, -0.15) is 0 Å². The lowest BCUT2D eigenvalue weighted by Crippen LogP contribution is -2.28. The number of hydrogen-bond donors (Lipinski definition) is 1. The van der Waals surface area contributed by atoms with Crippen molar-refractivity contribution >= 4 is 21.4 Å². The van der Waals surface area contributed by atoms with Gasteiger partial charge >= 0.3 is 0 Å². The van der Waals surface area contributed by atoms with E-state index in [9.17, 15) is 23.3 Å². The number of hydrogen-bond acceptors (Lipinski definition) is 5. The Balaban J connectivity index is 2.83. The van der Waals surface area contributed by atoms with Crippen LogP contribution < -0.4 is 5.32 Å². The van der Waals surface area contributed by atoms with E-state index in [1.165, 1.54) is 18.2 Å². The van der Waals surface area contributed by atoms with Gasteiger partial charge in [-0.3, -0.25) is 14.9 Å². The van der Waals surface area contributed by atoms with Crippen molar-refractivity contribution in [3.8, 4) is 0 Å². The fraction of sp³-hybridized carbons (Fsp3) is 0.222. The van der Waals surface area contributed by atoms with E-state index in [1.807, 2.05) is 0 Å². The summed E-state index contributed by atoms with van der Waals surface area (Å²) in [6.45, 7) is 0. The van der Waals surface area contributed by atoms with Crippen LogP contribution in [0, 0.1) is 10.1 Å². The Hall–Kier alpha value is -1.96. The highest BCUT2D eigenvalue weighted by atomic mass is 32.2. The highest BCUT2D eigenvalue weighted by molar-refractivity contribution is 7.90. The van der Waals surface area contributed by atoms with Gasteiger partial charge in [0.25, 0.3) is 11.6 Å². The van der Waals surface area contributed by atoms with Crippen LogP contribution in [0.4, 0.5) is 5.69 Å². The number of non-ortho nitro benzene ring substituents is 1. The van der Waals surface area contributed by atoms with Crippen molar-refractivity contribution in [1.82, 2.24) is 5.32 Å². The molecule has 0 unspecified atom stereocenters. The van der Waals surface area contributed by atoms with Gasteiger partial charge in [-0.05, 0) is 6.07 Å². The van der Waals surface area contributed by atoms with Crippen LogP contribution in [0.1, 0.15) is 10.4 Å². The summed E-state index contributed by atoms with van der Waals surface area (Å²) in [7, 11) is -3.32. The molecular formula is C9H10N2O5S. The number of nitrogens with zero attached hydrogens (tertiary/aromatic N) is 1. The van der Waals surface area contributed by atoms with Crippen LogP contribution in [0.5, 0.6) is 0 Å². The average Bonchev–Trinajstić information content (AvgIpc) is 2.25. The van der Waals surface area contributed by atoms with Gasteiger partial charge in [0, 0.05) is 24.0 Å². The molecule has 92 valence electrons. The summed E-state index contributed by atoms with van der Waals surface area (Å²) in [5.41, 5.74) is -0.181. The number of sulfone groups is 1. The smallest absolute Gasteiger partial charge is 0.270 e. The summed E-state index contributed by atoms with van der Waals surface area (Å²) in [6.07, 6.45) is 0.973. The van der Waals surface area contributed by atoms with Crippen LogP contribution in [-0.2, 0) is 9.84 Å². The summed E-state index contributed by atoms with van der Waals surface area (Å²) in [5, 5.41) is 12.6. The Kier molecular flexibility index (Phi) is 3.79. The maximum Gasteiger partial charge on any atom is 0.270 e. The normalized spacial score (nSPS) is 10.9. The zero-order valence-corrected chi connectivity index (χ0v) is 9.73. The lowest BCUT2D eigenvalue weighted by atomic mass is 10.2. The molecule has 1 aromatic carbocycles. The average molecular weight is 258 g/mol. The van der Waals surface area contributed by atoms with Gasteiger partial charge < -0.3 is 5.32 Å². The molecule has 0 saturated heterocycles. The van der Waals surface area contributed by atoms with E-state index in [0.29, 0.717) is 0 Å². The van der Waals surface area contributed by atoms with Gasteiger partial charge in [0.15, 0.2) is 9.84 Å². The third-order valence-electron chi connectivity index (χ3n) is 1.81. The quantitative estimate of drug-likeness (QED) is 0.618. The van der Waals surface area contributed by atoms with Crippen LogP contribution in [0.2, 0.25) is 0 Å². The zero-order valence-electron chi connectivity index (χ0n) is 8.91. The number of rotatable bonds is 4. The Morgan fingerprint density at radius 2 is 2.12 bits per heavy atom. The number of benzene rings is 1. The SMILES string of the molecule is CS(=O)(=O)CNC(=O)c1cccc([N+](=O)[O-])c1. The molecule has 0 spiro atoms. The number of nitro benzene ring substituents is 1. The summed E-state index contributed by atoms with van der Waals surface area (Å²) in [6, 6.07) is 5.04. The number of nitrogens with one attached hydrogen (secondary N) is 1. The molecule has 0 aliphatic carbocycles. The summed E-state index contributed by atoms with van der Waals surface area (Å²) >= 11 is 0. The number of nitro groups is 1. The maximum atomic E-state index is 11.5. The Morgan fingerprint density at radius 3 is 2.65 bits per heavy atom. The summed E-state index contributed by atoms with van der Waals surface area (Å²) < 4.78 is 21.6. The van der Waals surface area contributed by atoms with E-state index in [4.69, 9.17) is 0 Å². The zero-order chi connectivity index (χ0) is 13.1. The Morgan fingerprint density at radius 1 is 1.47 bits per heavy atom. The van der Waals surface area contributed by atoms with E-state index < -0.39 is 26.5 Å². The van der Waals surface area contributed by atoms with Gasteiger partial charge in [0.1, 0.15) is 5.88 Å². The summed E-state index contributed by atoms with van der Waals surface area (Å²) in [4.78, 5) is 21.3. The lowest BCUT2D eigenvalue weighted by molar-refractivity contribution is -0.384. The Bertz CT molecular complexity index is 552. The van der Waals surface area contributed by atoms with E-state index in [0.717, 1.165) is 12.3 Å². The largest absolute Gasteiger partial charge is 0.338 e. The van der Waals surface area contributed by atoms with Crippen LogP contribution in [0.25, 0.3) is 0 Å². The highest BCUT2D eigenvalue weighted by Crippen LogP contribution is 2.12. The van der Waals surface area contributed by atoms with Crippen LogP contribution in [-0.4, -0.2) is 31.4 Å². The van der Waals surface area contributed by atoms with Gasteiger partial charge in [0.05, 0.1) is 4.92 Å². The number of carbonyl (C=O) groups excluding carboxylic acids is 1. The lowest BCUT2D eigenvalue weighted by Gasteiger charge is -2.03. The second-order valence-electron chi connectivity index (χ2n) is 3.38. The topological polar surface area (TPSA) is 106 Å². The van der Waals surface area contributed by atoms with Crippen molar-refractivity contribution in [2.24, 2.45) is 0 Å². The van der Waals surface area contributed by atoms with Crippen LogP contribution in [0.3, 0.4) is 0 Å². The molecule has 0 heterocycles. The van der Waals surface area contributed by atoms with Gasteiger partial charge in [-0.1, -0.05) is 6.07 Å². The molecule has 0 aliphatic heterocycles. The minimum absolute atomic E-state index is 0.0443. The first kappa shape index (κ1) is 13.1. The molecule has 1 aromatic rings. The number of carbonyl (C=O) groups is 1. The molecular weight excluding hydrogens is 248 g/mol. The molecule has 1 amide bonds. The van der Waals surface area contributed by atoms with Crippen molar-refractivity contribution < 1.29 is 18.1 Å². The summed E-state index contributed by atoms with van der Waals surface area (Å²) in [5.74, 6) is -1.17. The first-order chi connectivity index (χ1) is 7.79. The van der Waals surface area contributed by atoms with Crippen molar-refractivity contribution in [3.63, 3.8) is 0 Å². The third kappa shape index (κ3) is 4.19.